The number of hydrogen-bond acceptors (Lipinski definition) is 5. The Bertz CT molecular complexity index is 650. The molecular formula is C21H37N3O5. The summed E-state index contributed by atoms with van der Waals surface area (Å²) in [5, 5.41) is 16.2. The summed E-state index contributed by atoms with van der Waals surface area (Å²) < 4.78 is 5.48. The highest BCUT2D eigenvalue weighted by Crippen LogP contribution is 2.43. The smallest absolute Gasteiger partial charge is 0.410 e. The van der Waals surface area contributed by atoms with Gasteiger partial charge in [-0.25, -0.2) is 4.79 Å². The van der Waals surface area contributed by atoms with Crippen molar-refractivity contribution in [1.29, 1.82) is 0 Å². The topological polar surface area (TPSA) is 108 Å². The minimum atomic E-state index is -1.40. The van der Waals surface area contributed by atoms with Crippen molar-refractivity contribution in [2.75, 3.05) is 19.7 Å². The van der Waals surface area contributed by atoms with E-state index in [0.29, 0.717) is 0 Å². The van der Waals surface area contributed by atoms with Gasteiger partial charge in [-0.05, 0) is 54.4 Å². The molecular weight excluding hydrogens is 374 g/mol. The minimum absolute atomic E-state index is 0.0439. The third-order valence-electron chi connectivity index (χ3n) is 4.91. The molecule has 29 heavy (non-hydrogen) atoms. The number of likely N-dealkylation sites (tertiary alicyclic amines) is 1. The quantitative estimate of drug-likeness (QED) is 0.600. The van der Waals surface area contributed by atoms with Gasteiger partial charge in [0.2, 0.25) is 11.8 Å². The maximum Gasteiger partial charge on any atom is 0.410 e. The van der Waals surface area contributed by atoms with E-state index in [1.54, 1.807) is 26.8 Å². The zero-order valence-electron chi connectivity index (χ0n) is 18.8. The van der Waals surface area contributed by atoms with Crippen molar-refractivity contribution in [2.45, 2.75) is 78.0 Å². The van der Waals surface area contributed by atoms with Crippen molar-refractivity contribution in [2.24, 2.45) is 5.41 Å². The molecule has 0 aromatic carbocycles. The van der Waals surface area contributed by atoms with Crippen LogP contribution in [0.2, 0.25) is 0 Å². The number of rotatable bonds is 5. The van der Waals surface area contributed by atoms with Crippen molar-refractivity contribution in [1.82, 2.24) is 15.5 Å². The normalized spacial score (nSPS) is 25.2. The van der Waals surface area contributed by atoms with E-state index in [-0.39, 0.29) is 37.7 Å². The highest BCUT2D eigenvalue weighted by Gasteiger charge is 2.60. The highest BCUT2D eigenvalue weighted by molar-refractivity contribution is 5.93. The summed E-state index contributed by atoms with van der Waals surface area (Å²) in [5.74, 6) is -0.776. The fraction of sp³-hybridized carbons (Fsp3) is 0.762. The van der Waals surface area contributed by atoms with E-state index >= 15 is 0 Å². The Labute approximate surface area is 174 Å². The van der Waals surface area contributed by atoms with Gasteiger partial charge in [0.1, 0.15) is 11.1 Å². The van der Waals surface area contributed by atoms with Crippen LogP contribution in [0.3, 0.4) is 0 Å². The molecule has 2 atom stereocenters. The molecule has 0 spiro atoms. The van der Waals surface area contributed by atoms with Gasteiger partial charge in [-0.15, -0.1) is 6.58 Å². The second-order valence-corrected chi connectivity index (χ2v) is 9.87. The van der Waals surface area contributed by atoms with Crippen LogP contribution in [-0.2, 0) is 14.3 Å². The van der Waals surface area contributed by atoms with Crippen molar-refractivity contribution >= 4 is 17.9 Å². The molecule has 2 unspecified atom stereocenters. The maximum atomic E-state index is 13.4. The van der Waals surface area contributed by atoms with Crippen molar-refractivity contribution in [3.63, 3.8) is 0 Å². The van der Waals surface area contributed by atoms with Gasteiger partial charge in [0.05, 0.1) is 6.61 Å². The van der Waals surface area contributed by atoms with Gasteiger partial charge in [-0.1, -0.05) is 6.08 Å². The van der Waals surface area contributed by atoms with E-state index in [0.717, 1.165) is 0 Å². The summed E-state index contributed by atoms with van der Waals surface area (Å²) in [6, 6.07) is 0. The molecule has 8 heteroatoms. The van der Waals surface area contributed by atoms with E-state index in [1.165, 1.54) is 11.8 Å². The summed E-state index contributed by atoms with van der Waals surface area (Å²) in [6.45, 7) is 15.8. The van der Waals surface area contributed by atoms with E-state index in [9.17, 15) is 19.5 Å². The second kappa shape index (κ2) is 8.73. The number of piperidine rings is 1. The summed E-state index contributed by atoms with van der Waals surface area (Å²) in [5.41, 5.74) is -3.76. The third-order valence-corrected chi connectivity index (χ3v) is 4.91. The molecule has 0 aromatic rings. The van der Waals surface area contributed by atoms with Crippen LogP contribution < -0.4 is 10.6 Å². The predicted molar refractivity (Wildman–Crippen MR) is 111 cm³/mol. The standard InChI is InChI=1S/C21H37N3O5/c1-9-10-20(14-25)13-24(17(28)29-19(6,7)8)12-11-21(20,22-15(2)26)16(27)23-18(3,4)5/h9,25H,1,10-14H2,2-8H3,(H,22,26)(H,23,27). The SMILES string of the molecule is C=CCC1(CO)CN(C(=O)OC(C)(C)C)CCC1(NC(C)=O)C(=O)NC(C)(C)C. The number of carbonyl (C=O) groups excluding carboxylic acids is 3. The fourth-order valence-corrected chi connectivity index (χ4v) is 3.75. The molecule has 1 heterocycles. The molecule has 0 bridgehead atoms. The van der Waals surface area contributed by atoms with Gasteiger partial charge in [0, 0.05) is 31.0 Å². The first-order chi connectivity index (χ1) is 13.1. The summed E-state index contributed by atoms with van der Waals surface area (Å²) in [4.78, 5) is 39.7. The van der Waals surface area contributed by atoms with E-state index in [1.807, 2.05) is 20.8 Å². The van der Waals surface area contributed by atoms with Crippen LogP contribution in [-0.4, -0.2) is 64.3 Å². The molecule has 1 fully saturated rings. The van der Waals surface area contributed by atoms with Gasteiger partial charge in [0.25, 0.3) is 0 Å². The Kier molecular flexibility index (Phi) is 7.51. The van der Waals surface area contributed by atoms with E-state index in [4.69, 9.17) is 4.74 Å². The number of nitrogens with zero attached hydrogens (tertiary/aromatic N) is 1. The second-order valence-electron chi connectivity index (χ2n) is 9.87. The van der Waals surface area contributed by atoms with Gasteiger partial charge in [-0.2, -0.15) is 0 Å². The lowest BCUT2D eigenvalue weighted by Crippen LogP contribution is -2.75. The number of amides is 3. The molecule has 3 amide bonds. The van der Waals surface area contributed by atoms with Crippen LogP contribution in [0, 0.1) is 5.41 Å². The molecule has 8 nitrogen and oxygen atoms in total. The Hall–Kier alpha value is -2.09. The summed E-state index contributed by atoms with van der Waals surface area (Å²) in [7, 11) is 0. The first kappa shape index (κ1) is 24.9. The number of nitrogens with one attached hydrogen (secondary N) is 2. The highest BCUT2D eigenvalue weighted by atomic mass is 16.6. The number of aliphatic hydroxyl groups excluding tert-OH is 1. The minimum Gasteiger partial charge on any atom is -0.444 e. The molecule has 0 saturated carbocycles. The monoisotopic (exact) mass is 411 g/mol. The van der Waals surface area contributed by atoms with Crippen LogP contribution >= 0.6 is 0 Å². The number of allylic oxidation sites excluding steroid dienone is 1. The maximum absolute atomic E-state index is 13.4. The zero-order chi connectivity index (χ0) is 22.7. The lowest BCUT2D eigenvalue weighted by molar-refractivity contribution is -0.149. The molecule has 1 rings (SSSR count). The van der Waals surface area contributed by atoms with Crippen LogP contribution in [0.5, 0.6) is 0 Å². The van der Waals surface area contributed by atoms with Crippen LogP contribution in [0.1, 0.15) is 61.3 Å². The summed E-state index contributed by atoms with van der Waals surface area (Å²) >= 11 is 0. The average molecular weight is 412 g/mol. The van der Waals surface area contributed by atoms with Crippen molar-refractivity contribution < 1.29 is 24.2 Å². The lowest BCUT2D eigenvalue weighted by atomic mass is 9.62. The largest absolute Gasteiger partial charge is 0.444 e. The van der Waals surface area contributed by atoms with Crippen LogP contribution in [0.25, 0.3) is 0 Å². The molecule has 3 N–H and O–H groups in total. The Morgan fingerprint density at radius 1 is 1.21 bits per heavy atom. The van der Waals surface area contributed by atoms with Crippen molar-refractivity contribution in [3.05, 3.63) is 12.7 Å². The predicted octanol–water partition coefficient (Wildman–Crippen LogP) is 1.97. The molecule has 0 aromatic heterocycles. The third kappa shape index (κ3) is 5.95. The van der Waals surface area contributed by atoms with Gasteiger partial charge < -0.3 is 25.4 Å². The molecule has 1 aliphatic heterocycles. The molecule has 1 saturated heterocycles. The lowest BCUT2D eigenvalue weighted by Gasteiger charge is -2.54. The molecule has 1 aliphatic rings. The van der Waals surface area contributed by atoms with Gasteiger partial charge in [-0.3, -0.25) is 9.59 Å². The van der Waals surface area contributed by atoms with Crippen LogP contribution in [0.15, 0.2) is 12.7 Å². The van der Waals surface area contributed by atoms with E-state index in [2.05, 4.69) is 17.2 Å². The molecule has 166 valence electrons. The Balaban J connectivity index is 3.43. The number of aliphatic hydroxyl groups is 1. The van der Waals surface area contributed by atoms with Crippen molar-refractivity contribution in [3.8, 4) is 0 Å². The first-order valence-corrected chi connectivity index (χ1v) is 9.92. The molecule has 0 radical (unpaired) electrons. The summed E-state index contributed by atoms with van der Waals surface area (Å²) in [6.07, 6.45) is 1.44. The van der Waals surface area contributed by atoms with Crippen LogP contribution in [0.4, 0.5) is 4.79 Å². The molecule has 0 aliphatic carbocycles. The zero-order valence-corrected chi connectivity index (χ0v) is 18.8. The first-order valence-electron chi connectivity index (χ1n) is 9.92. The van der Waals surface area contributed by atoms with Gasteiger partial charge >= 0.3 is 6.09 Å². The number of ether oxygens (including phenoxy) is 1. The number of carbonyl (C=O) groups is 3. The fourth-order valence-electron chi connectivity index (χ4n) is 3.75. The Morgan fingerprint density at radius 2 is 1.79 bits per heavy atom. The average Bonchev–Trinajstić information content (AvgIpc) is 2.52. The van der Waals surface area contributed by atoms with Gasteiger partial charge in [0.15, 0.2) is 0 Å². The van der Waals surface area contributed by atoms with E-state index < -0.39 is 34.8 Å². The number of hydrogen-bond donors (Lipinski definition) is 3. The Morgan fingerprint density at radius 3 is 2.21 bits per heavy atom.